The maximum atomic E-state index is 2.68. The van der Waals surface area contributed by atoms with Gasteiger partial charge >= 0.3 is 0 Å². The monoisotopic (exact) mass is 286 g/mol. The molecule has 0 bridgehead atoms. The summed E-state index contributed by atoms with van der Waals surface area (Å²) in [6, 6.07) is 0. The van der Waals surface area contributed by atoms with Crippen LogP contribution in [0.2, 0.25) is 40.4 Å². The van der Waals surface area contributed by atoms with Crippen LogP contribution >= 0.6 is 0 Å². The second-order valence-electron chi connectivity index (χ2n) is 8.07. The Bertz CT molecular complexity index is 212. The summed E-state index contributed by atoms with van der Waals surface area (Å²) in [7, 11) is -2.41. The normalized spacial score (nSPS) is 14.7. The Morgan fingerprint density at radius 1 is 0.444 bits per heavy atom. The molecule has 0 radical (unpaired) electrons. The highest BCUT2D eigenvalue weighted by Crippen LogP contribution is 2.52. The lowest BCUT2D eigenvalue weighted by Crippen LogP contribution is -2.56. The van der Waals surface area contributed by atoms with Crippen LogP contribution in [-0.2, 0) is 0 Å². The van der Waals surface area contributed by atoms with Crippen LogP contribution in [0.1, 0.15) is 62.3 Å². The fourth-order valence-corrected chi connectivity index (χ4v) is 20.0. The van der Waals surface area contributed by atoms with Gasteiger partial charge in [-0.25, -0.2) is 0 Å². The van der Waals surface area contributed by atoms with Crippen LogP contribution in [0.15, 0.2) is 0 Å². The van der Waals surface area contributed by atoms with E-state index in [9.17, 15) is 0 Å². The molecule has 2 heteroatoms. The standard InChI is InChI=1S/C16H38Si2/c1-12(2)17(10,13(3)4)16(9)18(11,14(5)6)15(7)8/h12-16H,1-11H3. The highest BCUT2D eigenvalue weighted by atomic mass is 28.4. The van der Waals surface area contributed by atoms with Gasteiger partial charge in [-0.3, -0.25) is 0 Å². The van der Waals surface area contributed by atoms with Gasteiger partial charge in [0.2, 0.25) is 0 Å². The summed E-state index contributed by atoms with van der Waals surface area (Å²) in [5, 5.41) is 1.00. The van der Waals surface area contributed by atoms with Gasteiger partial charge in [0.25, 0.3) is 0 Å². The van der Waals surface area contributed by atoms with Crippen LogP contribution in [0.3, 0.4) is 0 Å². The van der Waals surface area contributed by atoms with Crippen LogP contribution in [-0.4, -0.2) is 16.1 Å². The molecule has 18 heavy (non-hydrogen) atoms. The summed E-state index contributed by atoms with van der Waals surface area (Å²) in [4.78, 5) is 0. The van der Waals surface area contributed by atoms with Gasteiger partial charge in [0, 0.05) is 0 Å². The topological polar surface area (TPSA) is 0 Å². The molecule has 0 saturated carbocycles. The lowest BCUT2D eigenvalue weighted by Gasteiger charge is -2.52. The van der Waals surface area contributed by atoms with Crippen molar-refractivity contribution in [1.29, 1.82) is 0 Å². The van der Waals surface area contributed by atoms with Crippen molar-refractivity contribution in [2.75, 3.05) is 0 Å². The van der Waals surface area contributed by atoms with Gasteiger partial charge in [0.1, 0.15) is 0 Å². The Kier molecular flexibility index (Phi) is 6.41. The average molecular weight is 287 g/mol. The Hall–Kier alpha value is 0.434. The van der Waals surface area contributed by atoms with Crippen LogP contribution in [0.5, 0.6) is 0 Å². The zero-order valence-corrected chi connectivity index (χ0v) is 16.9. The van der Waals surface area contributed by atoms with Gasteiger partial charge in [0.05, 0.1) is 16.1 Å². The van der Waals surface area contributed by atoms with Gasteiger partial charge in [-0.15, -0.1) is 0 Å². The molecule has 0 saturated heterocycles. The van der Waals surface area contributed by atoms with E-state index in [1.165, 1.54) is 0 Å². The van der Waals surface area contributed by atoms with E-state index in [0.29, 0.717) is 0 Å². The van der Waals surface area contributed by atoms with Crippen molar-refractivity contribution < 1.29 is 0 Å². The van der Waals surface area contributed by atoms with Gasteiger partial charge < -0.3 is 0 Å². The third-order valence-corrected chi connectivity index (χ3v) is 24.3. The first kappa shape index (κ1) is 18.4. The second-order valence-corrected chi connectivity index (χ2v) is 20.5. The van der Waals surface area contributed by atoms with Gasteiger partial charge in [-0.1, -0.05) is 103 Å². The molecule has 0 heterocycles. The Morgan fingerprint density at radius 3 is 0.722 bits per heavy atom. The summed E-state index contributed by atoms with van der Waals surface area (Å²) < 4.78 is 0. The molecule has 0 N–H and O–H groups in total. The third kappa shape index (κ3) is 2.95. The van der Waals surface area contributed by atoms with E-state index in [4.69, 9.17) is 0 Å². The first-order chi connectivity index (χ1) is 7.93. The molecule has 0 amide bonds. The Morgan fingerprint density at radius 2 is 0.611 bits per heavy atom. The van der Waals surface area contributed by atoms with E-state index < -0.39 is 16.1 Å². The summed E-state index contributed by atoms with van der Waals surface area (Å²) in [5.41, 5.74) is 3.60. The maximum Gasteiger partial charge on any atom is 0.0558 e. The smallest absolute Gasteiger partial charge is 0.0558 e. The SMILES string of the molecule is CC(C)[Si](C)(C(C)C)C(C)[Si](C)(C(C)C)C(C)C. The highest BCUT2D eigenvalue weighted by molar-refractivity contribution is 7.00. The largest absolute Gasteiger partial charge is 0.0688 e. The molecule has 0 unspecified atom stereocenters. The zero-order chi connectivity index (χ0) is 14.9. The minimum atomic E-state index is -1.21. The zero-order valence-electron chi connectivity index (χ0n) is 14.9. The number of rotatable bonds is 6. The lowest BCUT2D eigenvalue weighted by atomic mass is 10.5. The maximum absolute atomic E-state index is 2.68. The molecule has 0 aromatic carbocycles. The van der Waals surface area contributed by atoms with E-state index in [1.807, 2.05) is 0 Å². The quantitative estimate of drug-likeness (QED) is 0.476. The highest BCUT2D eigenvalue weighted by Gasteiger charge is 2.51. The first-order valence-electron chi connectivity index (χ1n) is 7.93. The van der Waals surface area contributed by atoms with Crippen molar-refractivity contribution in [2.24, 2.45) is 0 Å². The Labute approximate surface area is 119 Å². The van der Waals surface area contributed by atoms with Crippen molar-refractivity contribution in [3.8, 4) is 0 Å². The third-order valence-electron chi connectivity index (χ3n) is 6.84. The van der Waals surface area contributed by atoms with Crippen molar-refractivity contribution in [3.63, 3.8) is 0 Å². The Balaban J connectivity index is 5.63. The average Bonchev–Trinajstić information content (AvgIpc) is 2.24. The van der Waals surface area contributed by atoms with Gasteiger partial charge in [-0.05, 0) is 0 Å². The molecule has 0 fully saturated rings. The molecule has 0 aromatic heterocycles. The fraction of sp³-hybridized carbons (Fsp3) is 1.00. The van der Waals surface area contributed by atoms with E-state index in [1.54, 1.807) is 0 Å². The summed E-state index contributed by atoms with van der Waals surface area (Å²) in [6.07, 6.45) is 0. The first-order valence-corrected chi connectivity index (χ1v) is 13.4. The predicted octanol–water partition coefficient (Wildman–Crippen LogP) is 6.71. The molecule has 0 aromatic rings. The van der Waals surface area contributed by atoms with Crippen molar-refractivity contribution in [1.82, 2.24) is 0 Å². The van der Waals surface area contributed by atoms with Crippen molar-refractivity contribution >= 4 is 16.1 Å². The van der Waals surface area contributed by atoms with Crippen LogP contribution < -0.4 is 0 Å². The molecular formula is C16H38Si2. The van der Waals surface area contributed by atoms with Crippen LogP contribution in [0, 0.1) is 0 Å². The van der Waals surface area contributed by atoms with E-state index >= 15 is 0 Å². The van der Waals surface area contributed by atoms with Gasteiger partial charge in [-0.2, -0.15) is 0 Å². The summed E-state index contributed by atoms with van der Waals surface area (Å²) in [5.74, 6) is 0. The lowest BCUT2D eigenvalue weighted by molar-refractivity contribution is 0.813. The number of hydrogen-bond donors (Lipinski definition) is 0. The minimum Gasteiger partial charge on any atom is -0.0688 e. The van der Waals surface area contributed by atoms with Gasteiger partial charge in [0.15, 0.2) is 0 Å². The predicted molar refractivity (Wildman–Crippen MR) is 93.1 cm³/mol. The second kappa shape index (κ2) is 6.26. The fourth-order valence-electron chi connectivity index (χ4n) is 4.00. The minimum absolute atomic E-state index is 0.900. The van der Waals surface area contributed by atoms with Crippen LogP contribution in [0.4, 0.5) is 0 Å². The van der Waals surface area contributed by atoms with E-state index in [2.05, 4.69) is 75.4 Å². The molecular weight excluding hydrogens is 248 g/mol. The molecule has 0 nitrogen and oxygen atoms in total. The molecule has 0 rings (SSSR count). The number of hydrogen-bond acceptors (Lipinski definition) is 0. The molecule has 0 atom stereocenters. The molecule has 0 aliphatic carbocycles. The summed E-state index contributed by atoms with van der Waals surface area (Å²) in [6.45, 7) is 27.9. The summed E-state index contributed by atoms with van der Waals surface area (Å²) >= 11 is 0. The molecule has 110 valence electrons. The molecule has 0 aliphatic heterocycles. The van der Waals surface area contributed by atoms with E-state index in [-0.39, 0.29) is 0 Å². The van der Waals surface area contributed by atoms with Crippen molar-refractivity contribution in [3.05, 3.63) is 0 Å². The molecule has 0 spiro atoms. The van der Waals surface area contributed by atoms with Crippen molar-refractivity contribution in [2.45, 2.75) is 103 Å². The van der Waals surface area contributed by atoms with E-state index in [0.717, 1.165) is 27.3 Å². The molecule has 0 aliphatic rings. The van der Waals surface area contributed by atoms with Crippen LogP contribution in [0.25, 0.3) is 0 Å².